The molecule has 3 nitrogen and oxygen atoms in total. The molecule has 0 aliphatic rings. The Kier molecular flexibility index (Phi) is 6.54. The van der Waals surface area contributed by atoms with Gasteiger partial charge in [0.25, 0.3) is 0 Å². The van der Waals surface area contributed by atoms with Gasteiger partial charge in [0, 0.05) is 6.54 Å². The molecule has 0 aromatic heterocycles. The van der Waals surface area contributed by atoms with Crippen molar-refractivity contribution in [1.82, 2.24) is 5.32 Å². The van der Waals surface area contributed by atoms with Gasteiger partial charge in [-0.25, -0.2) is 4.79 Å². The van der Waals surface area contributed by atoms with E-state index >= 15 is 0 Å². The fourth-order valence-corrected chi connectivity index (χ4v) is 0.929. The fraction of sp³-hybridized carbons (Fsp3) is 0.545. The highest BCUT2D eigenvalue weighted by Gasteiger charge is 2.03. The van der Waals surface area contributed by atoms with E-state index in [1.807, 2.05) is 26.8 Å². The zero-order valence-corrected chi connectivity index (χ0v) is 9.17. The first kappa shape index (κ1) is 12.8. The predicted octanol–water partition coefficient (Wildman–Crippen LogP) is 2.64. The van der Waals surface area contributed by atoms with Gasteiger partial charge in [-0.2, -0.15) is 0 Å². The molecule has 0 rings (SSSR count). The summed E-state index contributed by atoms with van der Waals surface area (Å²) in [6, 6.07) is 0. The van der Waals surface area contributed by atoms with Gasteiger partial charge in [-0.1, -0.05) is 24.3 Å². The summed E-state index contributed by atoms with van der Waals surface area (Å²) in [4.78, 5) is 11.0. The second kappa shape index (κ2) is 7.18. The van der Waals surface area contributed by atoms with Crippen LogP contribution in [0.2, 0.25) is 0 Å². The largest absolute Gasteiger partial charge is 0.447 e. The maximum absolute atomic E-state index is 11.0. The van der Waals surface area contributed by atoms with Crippen LogP contribution in [-0.2, 0) is 4.74 Å². The first-order chi connectivity index (χ1) is 6.60. The van der Waals surface area contributed by atoms with Gasteiger partial charge in [-0.3, -0.25) is 0 Å². The summed E-state index contributed by atoms with van der Waals surface area (Å²) in [6.07, 6.45) is 4.11. The summed E-state index contributed by atoms with van der Waals surface area (Å²) >= 11 is 0. The molecule has 0 aliphatic carbocycles. The summed E-state index contributed by atoms with van der Waals surface area (Å²) in [5, 5.41) is 2.66. The van der Waals surface area contributed by atoms with Crippen LogP contribution in [0.3, 0.4) is 0 Å². The number of rotatable bonds is 5. The lowest BCUT2D eigenvalue weighted by atomic mass is 10.2. The van der Waals surface area contributed by atoms with Crippen LogP contribution in [0.1, 0.15) is 27.2 Å². The number of carbonyl (C=O) groups excluding carboxylic acids is 1. The molecule has 80 valence electrons. The number of ether oxygens (including phenoxy) is 1. The molecule has 0 aromatic carbocycles. The van der Waals surface area contributed by atoms with Gasteiger partial charge < -0.3 is 10.1 Å². The SMILES string of the molecule is C=C/C(=C\C)CCNC(=O)OC(C)C. The van der Waals surface area contributed by atoms with E-state index in [0.29, 0.717) is 6.54 Å². The molecule has 1 N–H and O–H groups in total. The molecular formula is C11H19NO2. The van der Waals surface area contributed by atoms with Crippen molar-refractivity contribution in [2.75, 3.05) is 6.54 Å². The number of hydrogen-bond donors (Lipinski definition) is 1. The average molecular weight is 197 g/mol. The Bertz CT molecular complexity index is 219. The highest BCUT2D eigenvalue weighted by atomic mass is 16.6. The molecule has 0 aliphatic heterocycles. The number of allylic oxidation sites excluding steroid dienone is 2. The summed E-state index contributed by atoms with van der Waals surface area (Å²) < 4.78 is 4.90. The topological polar surface area (TPSA) is 38.3 Å². The summed E-state index contributed by atoms with van der Waals surface area (Å²) in [5.74, 6) is 0. The van der Waals surface area contributed by atoms with E-state index in [0.717, 1.165) is 12.0 Å². The van der Waals surface area contributed by atoms with Gasteiger partial charge in [0.2, 0.25) is 0 Å². The maximum atomic E-state index is 11.0. The smallest absolute Gasteiger partial charge is 0.407 e. The van der Waals surface area contributed by atoms with Crippen LogP contribution in [0.25, 0.3) is 0 Å². The van der Waals surface area contributed by atoms with Crippen LogP contribution in [0.15, 0.2) is 24.3 Å². The third-order valence-electron chi connectivity index (χ3n) is 1.66. The summed E-state index contributed by atoms with van der Waals surface area (Å²) in [6.45, 7) is 9.83. The first-order valence-corrected chi connectivity index (χ1v) is 4.82. The molecule has 0 saturated heterocycles. The summed E-state index contributed by atoms with van der Waals surface area (Å²) in [7, 11) is 0. The Labute approximate surface area is 85.8 Å². The Morgan fingerprint density at radius 1 is 1.57 bits per heavy atom. The molecule has 0 heterocycles. The molecule has 3 heteroatoms. The van der Waals surface area contributed by atoms with Gasteiger partial charge in [0.15, 0.2) is 0 Å². The van der Waals surface area contributed by atoms with E-state index in [4.69, 9.17) is 4.74 Å². The van der Waals surface area contributed by atoms with Crippen molar-refractivity contribution in [3.05, 3.63) is 24.3 Å². The Morgan fingerprint density at radius 3 is 2.64 bits per heavy atom. The Balaban J connectivity index is 3.63. The van der Waals surface area contributed by atoms with Crippen LogP contribution in [0.5, 0.6) is 0 Å². The molecule has 0 radical (unpaired) electrons. The van der Waals surface area contributed by atoms with Crippen LogP contribution in [0.4, 0.5) is 4.79 Å². The van der Waals surface area contributed by atoms with E-state index in [-0.39, 0.29) is 12.2 Å². The first-order valence-electron chi connectivity index (χ1n) is 4.82. The van der Waals surface area contributed by atoms with Gasteiger partial charge >= 0.3 is 6.09 Å². The molecule has 0 spiro atoms. The molecule has 0 bridgehead atoms. The molecular weight excluding hydrogens is 178 g/mol. The van der Waals surface area contributed by atoms with E-state index in [1.165, 1.54) is 0 Å². The van der Waals surface area contributed by atoms with Gasteiger partial charge in [0.1, 0.15) is 0 Å². The zero-order valence-electron chi connectivity index (χ0n) is 9.17. The van der Waals surface area contributed by atoms with Crippen LogP contribution in [-0.4, -0.2) is 18.7 Å². The van der Waals surface area contributed by atoms with Crippen molar-refractivity contribution < 1.29 is 9.53 Å². The fourth-order valence-electron chi connectivity index (χ4n) is 0.929. The van der Waals surface area contributed by atoms with Gasteiger partial charge in [-0.15, -0.1) is 0 Å². The lowest BCUT2D eigenvalue weighted by molar-refractivity contribution is 0.116. The van der Waals surface area contributed by atoms with Crippen molar-refractivity contribution in [3.63, 3.8) is 0 Å². The van der Waals surface area contributed by atoms with E-state index in [2.05, 4.69) is 11.9 Å². The van der Waals surface area contributed by atoms with Crippen LogP contribution < -0.4 is 5.32 Å². The molecule has 1 amide bonds. The van der Waals surface area contributed by atoms with Gasteiger partial charge in [-0.05, 0) is 27.2 Å². The second-order valence-corrected chi connectivity index (χ2v) is 3.20. The molecule has 0 aromatic rings. The Hall–Kier alpha value is -1.25. The third kappa shape index (κ3) is 6.29. The minimum absolute atomic E-state index is 0.0735. The lowest BCUT2D eigenvalue weighted by Gasteiger charge is -2.09. The highest BCUT2D eigenvalue weighted by molar-refractivity contribution is 5.67. The normalized spacial score (nSPS) is 11.3. The standard InChI is InChI=1S/C11H19NO2/c1-5-10(6-2)7-8-12-11(13)14-9(3)4/h5-6,9H,1,7-8H2,2-4H3,(H,12,13)/b10-6+. The van der Waals surface area contributed by atoms with Crippen molar-refractivity contribution >= 4 is 6.09 Å². The highest BCUT2D eigenvalue weighted by Crippen LogP contribution is 2.00. The number of nitrogens with one attached hydrogen (secondary N) is 1. The number of alkyl carbamates (subject to hydrolysis) is 1. The molecule has 0 atom stereocenters. The number of amides is 1. The van der Waals surface area contributed by atoms with E-state index < -0.39 is 0 Å². The molecule has 0 saturated carbocycles. The van der Waals surface area contributed by atoms with Gasteiger partial charge in [0.05, 0.1) is 6.10 Å². The van der Waals surface area contributed by atoms with E-state index in [9.17, 15) is 4.79 Å². The van der Waals surface area contributed by atoms with Crippen molar-refractivity contribution in [2.45, 2.75) is 33.3 Å². The second-order valence-electron chi connectivity index (χ2n) is 3.20. The zero-order chi connectivity index (χ0) is 11.0. The minimum atomic E-state index is -0.362. The lowest BCUT2D eigenvalue weighted by Crippen LogP contribution is -2.27. The van der Waals surface area contributed by atoms with Crippen molar-refractivity contribution in [2.24, 2.45) is 0 Å². The van der Waals surface area contributed by atoms with Crippen LogP contribution >= 0.6 is 0 Å². The quantitative estimate of drug-likeness (QED) is 0.688. The third-order valence-corrected chi connectivity index (χ3v) is 1.66. The van der Waals surface area contributed by atoms with Crippen molar-refractivity contribution in [1.29, 1.82) is 0 Å². The predicted molar refractivity (Wildman–Crippen MR) is 58.2 cm³/mol. The molecule has 0 unspecified atom stereocenters. The monoisotopic (exact) mass is 197 g/mol. The molecule has 14 heavy (non-hydrogen) atoms. The molecule has 0 fully saturated rings. The Morgan fingerprint density at radius 2 is 2.21 bits per heavy atom. The summed E-state index contributed by atoms with van der Waals surface area (Å²) in [5.41, 5.74) is 1.12. The number of carbonyl (C=O) groups is 1. The van der Waals surface area contributed by atoms with Crippen LogP contribution in [0, 0.1) is 0 Å². The van der Waals surface area contributed by atoms with E-state index in [1.54, 1.807) is 6.08 Å². The number of hydrogen-bond acceptors (Lipinski definition) is 2. The minimum Gasteiger partial charge on any atom is -0.447 e. The van der Waals surface area contributed by atoms with Crippen molar-refractivity contribution in [3.8, 4) is 0 Å². The maximum Gasteiger partial charge on any atom is 0.407 e. The average Bonchev–Trinajstić information content (AvgIpc) is 2.11.